The van der Waals surface area contributed by atoms with E-state index in [2.05, 4.69) is 51.2 Å². The number of ether oxygens (including phenoxy) is 2. The zero-order valence-corrected chi connectivity index (χ0v) is 14.0. The Labute approximate surface area is 129 Å². The predicted octanol–water partition coefficient (Wildman–Crippen LogP) is 3.87. The summed E-state index contributed by atoms with van der Waals surface area (Å²) in [6.45, 7) is 9.61. The van der Waals surface area contributed by atoms with Crippen molar-refractivity contribution in [3.8, 4) is 5.75 Å². The van der Waals surface area contributed by atoms with Gasteiger partial charge in [0.05, 0.1) is 24.9 Å². The van der Waals surface area contributed by atoms with Gasteiger partial charge in [0.15, 0.2) is 0 Å². The number of aryl methyl sites for hydroxylation is 1. The number of rotatable bonds is 5. The molecule has 0 aliphatic heterocycles. The number of methoxy groups -OCH3 is 1. The lowest BCUT2D eigenvalue weighted by atomic mass is 9.85. The summed E-state index contributed by atoms with van der Waals surface area (Å²) in [5.41, 5.74) is 2.64. The lowest BCUT2D eigenvalue weighted by Crippen LogP contribution is -2.41. The lowest BCUT2D eigenvalue weighted by Gasteiger charge is -2.38. The Morgan fingerprint density at radius 2 is 2.05 bits per heavy atom. The number of hydrogen-bond donors (Lipinski definition) is 1. The Bertz CT molecular complexity index is 465. The largest absolute Gasteiger partial charge is 0.497 e. The van der Waals surface area contributed by atoms with Gasteiger partial charge in [-0.25, -0.2) is 0 Å². The van der Waals surface area contributed by atoms with E-state index in [1.807, 2.05) is 0 Å². The SMILES string of the molecule is CCCNC1c2ccc(OC)cc2CCC1OC(C)(C)C. The number of nitrogens with one attached hydrogen (secondary N) is 1. The molecule has 0 bridgehead atoms. The highest BCUT2D eigenvalue weighted by atomic mass is 16.5. The van der Waals surface area contributed by atoms with Gasteiger partial charge in [0.25, 0.3) is 0 Å². The summed E-state index contributed by atoms with van der Waals surface area (Å²) in [5.74, 6) is 0.943. The summed E-state index contributed by atoms with van der Waals surface area (Å²) in [7, 11) is 1.73. The van der Waals surface area contributed by atoms with Crippen LogP contribution in [0.1, 0.15) is 57.7 Å². The molecule has 2 atom stereocenters. The van der Waals surface area contributed by atoms with Crippen molar-refractivity contribution in [2.24, 2.45) is 0 Å². The van der Waals surface area contributed by atoms with Crippen LogP contribution in [0, 0.1) is 0 Å². The van der Waals surface area contributed by atoms with Crippen LogP contribution >= 0.6 is 0 Å². The van der Waals surface area contributed by atoms with Crippen LogP contribution in [0.4, 0.5) is 0 Å². The molecule has 2 rings (SSSR count). The minimum absolute atomic E-state index is 0.110. The van der Waals surface area contributed by atoms with E-state index in [1.165, 1.54) is 11.1 Å². The molecule has 0 radical (unpaired) electrons. The summed E-state index contributed by atoms with van der Waals surface area (Å²) >= 11 is 0. The second-order valence-electron chi connectivity index (χ2n) is 6.80. The van der Waals surface area contributed by atoms with Crippen LogP contribution in [0.25, 0.3) is 0 Å². The van der Waals surface area contributed by atoms with Crippen molar-refractivity contribution in [3.05, 3.63) is 29.3 Å². The maximum absolute atomic E-state index is 6.31. The third-order valence-corrected chi connectivity index (χ3v) is 3.87. The minimum Gasteiger partial charge on any atom is -0.497 e. The Balaban J connectivity index is 2.26. The molecule has 0 saturated carbocycles. The van der Waals surface area contributed by atoms with E-state index in [9.17, 15) is 0 Å². The van der Waals surface area contributed by atoms with E-state index < -0.39 is 0 Å². The van der Waals surface area contributed by atoms with Gasteiger partial charge in [0.1, 0.15) is 5.75 Å². The Kier molecular flexibility index (Phi) is 5.28. The molecular formula is C18H29NO2. The minimum atomic E-state index is -0.110. The van der Waals surface area contributed by atoms with Crippen molar-refractivity contribution in [2.75, 3.05) is 13.7 Å². The molecule has 0 saturated heterocycles. The molecule has 0 heterocycles. The highest BCUT2D eigenvalue weighted by molar-refractivity contribution is 5.40. The fraction of sp³-hybridized carbons (Fsp3) is 0.667. The number of hydrogen-bond acceptors (Lipinski definition) is 3. The topological polar surface area (TPSA) is 30.5 Å². The first-order chi connectivity index (χ1) is 9.94. The predicted molar refractivity (Wildman–Crippen MR) is 87.0 cm³/mol. The summed E-state index contributed by atoms with van der Waals surface area (Å²) in [6, 6.07) is 6.70. The highest BCUT2D eigenvalue weighted by Gasteiger charge is 2.32. The quantitative estimate of drug-likeness (QED) is 0.893. The van der Waals surface area contributed by atoms with Crippen molar-refractivity contribution in [1.29, 1.82) is 0 Å². The molecule has 1 aliphatic carbocycles. The van der Waals surface area contributed by atoms with Crippen LogP contribution in [0.2, 0.25) is 0 Å². The van der Waals surface area contributed by atoms with Gasteiger partial charge in [-0.3, -0.25) is 0 Å². The molecule has 0 spiro atoms. The van der Waals surface area contributed by atoms with Crippen LogP contribution in [0.5, 0.6) is 5.75 Å². The van der Waals surface area contributed by atoms with E-state index in [-0.39, 0.29) is 17.7 Å². The van der Waals surface area contributed by atoms with Gasteiger partial charge in [-0.05, 0) is 69.8 Å². The first kappa shape index (κ1) is 16.3. The molecule has 1 N–H and O–H groups in total. The van der Waals surface area contributed by atoms with E-state index in [1.54, 1.807) is 7.11 Å². The fourth-order valence-electron chi connectivity index (χ4n) is 3.02. The van der Waals surface area contributed by atoms with Gasteiger partial charge >= 0.3 is 0 Å². The molecule has 3 heteroatoms. The van der Waals surface area contributed by atoms with Gasteiger partial charge in [-0.15, -0.1) is 0 Å². The maximum atomic E-state index is 6.31. The van der Waals surface area contributed by atoms with Crippen LogP contribution in [-0.2, 0) is 11.2 Å². The Morgan fingerprint density at radius 1 is 1.29 bits per heavy atom. The van der Waals surface area contributed by atoms with Crippen molar-refractivity contribution in [2.45, 2.75) is 64.7 Å². The molecule has 0 amide bonds. The summed E-state index contributed by atoms with van der Waals surface area (Å²) in [4.78, 5) is 0. The number of benzene rings is 1. The van der Waals surface area contributed by atoms with E-state index in [0.29, 0.717) is 0 Å². The van der Waals surface area contributed by atoms with Crippen LogP contribution in [0.3, 0.4) is 0 Å². The van der Waals surface area contributed by atoms with Gasteiger partial charge in [0, 0.05) is 0 Å². The first-order valence-corrected chi connectivity index (χ1v) is 8.02. The van der Waals surface area contributed by atoms with Crippen LogP contribution < -0.4 is 10.1 Å². The zero-order chi connectivity index (χ0) is 15.5. The van der Waals surface area contributed by atoms with E-state index >= 15 is 0 Å². The van der Waals surface area contributed by atoms with Crippen molar-refractivity contribution in [1.82, 2.24) is 5.32 Å². The Morgan fingerprint density at radius 3 is 2.67 bits per heavy atom. The average molecular weight is 291 g/mol. The van der Waals surface area contributed by atoms with Gasteiger partial charge < -0.3 is 14.8 Å². The van der Waals surface area contributed by atoms with E-state index in [4.69, 9.17) is 9.47 Å². The van der Waals surface area contributed by atoms with Gasteiger partial charge in [-0.2, -0.15) is 0 Å². The molecule has 0 aromatic heterocycles. The molecule has 2 unspecified atom stereocenters. The van der Waals surface area contributed by atoms with Crippen molar-refractivity contribution >= 4 is 0 Å². The standard InChI is InChI=1S/C18H29NO2/c1-6-11-19-17-15-9-8-14(20-5)12-13(15)7-10-16(17)21-18(2,3)4/h8-9,12,16-17,19H,6-7,10-11H2,1-5H3. The lowest BCUT2D eigenvalue weighted by molar-refractivity contribution is -0.0816. The molecular weight excluding hydrogens is 262 g/mol. The summed E-state index contributed by atoms with van der Waals surface area (Å²) in [6.07, 6.45) is 3.47. The average Bonchev–Trinajstić information content (AvgIpc) is 2.44. The van der Waals surface area contributed by atoms with E-state index in [0.717, 1.165) is 31.6 Å². The fourth-order valence-corrected chi connectivity index (χ4v) is 3.02. The van der Waals surface area contributed by atoms with Crippen molar-refractivity contribution in [3.63, 3.8) is 0 Å². The van der Waals surface area contributed by atoms with Gasteiger partial charge in [0.2, 0.25) is 0 Å². The molecule has 1 aromatic rings. The monoisotopic (exact) mass is 291 g/mol. The molecule has 21 heavy (non-hydrogen) atoms. The second kappa shape index (κ2) is 6.80. The normalized spacial score (nSPS) is 22.0. The number of fused-ring (bicyclic) bond motifs is 1. The maximum Gasteiger partial charge on any atom is 0.119 e. The second-order valence-corrected chi connectivity index (χ2v) is 6.80. The molecule has 0 fully saturated rings. The van der Waals surface area contributed by atoms with Crippen LogP contribution in [-0.4, -0.2) is 25.4 Å². The summed E-state index contributed by atoms with van der Waals surface area (Å²) in [5, 5.41) is 3.67. The van der Waals surface area contributed by atoms with Gasteiger partial charge in [-0.1, -0.05) is 13.0 Å². The smallest absolute Gasteiger partial charge is 0.119 e. The first-order valence-electron chi connectivity index (χ1n) is 8.02. The third kappa shape index (κ3) is 4.21. The zero-order valence-electron chi connectivity index (χ0n) is 14.0. The third-order valence-electron chi connectivity index (χ3n) is 3.87. The Hall–Kier alpha value is -1.06. The molecule has 118 valence electrons. The molecule has 3 nitrogen and oxygen atoms in total. The molecule has 1 aliphatic rings. The molecule has 1 aromatic carbocycles. The van der Waals surface area contributed by atoms with Crippen LogP contribution in [0.15, 0.2) is 18.2 Å². The van der Waals surface area contributed by atoms with Crippen molar-refractivity contribution < 1.29 is 9.47 Å². The summed E-state index contributed by atoms with van der Waals surface area (Å²) < 4.78 is 11.7. The highest BCUT2D eigenvalue weighted by Crippen LogP contribution is 2.35.